The Kier molecular flexibility index (Phi) is 5.95. The predicted molar refractivity (Wildman–Crippen MR) is 92.5 cm³/mol. The number of rotatable bonds is 2. The molecule has 1 aliphatic rings. The number of amides is 2. The Morgan fingerprint density at radius 2 is 2.04 bits per heavy atom. The van der Waals surface area contributed by atoms with E-state index < -0.39 is 17.5 Å². The van der Waals surface area contributed by atoms with Crippen LogP contribution in [-0.4, -0.2) is 45.9 Å². The minimum absolute atomic E-state index is 0.0601. The van der Waals surface area contributed by atoms with E-state index in [9.17, 15) is 14.0 Å². The fourth-order valence-electron chi connectivity index (χ4n) is 1.95. The number of anilines is 1. The molecule has 0 spiro atoms. The van der Waals surface area contributed by atoms with Crippen molar-refractivity contribution in [3.05, 3.63) is 29.0 Å². The zero-order chi connectivity index (χ0) is 17.9. The Morgan fingerprint density at radius 1 is 1.33 bits per heavy atom. The number of halogens is 2. The summed E-state index contributed by atoms with van der Waals surface area (Å²) in [6.07, 6.45) is -0.406. The van der Waals surface area contributed by atoms with Gasteiger partial charge in [0.2, 0.25) is 0 Å². The summed E-state index contributed by atoms with van der Waals surface area (Å²) < 4.78 is 20.1. The molecule has 2 rings (SSSR count). The number of benzene rings is 1. The summed E-state index contributed by atoms with van der Waals surface area (Å²) >= 11 is 6.62. The van der Waals surface area contributed by atoms with Gasteiger partial charge in [0.15, 0.2) is 0 Å². The third-order valence-electron chi connectivity index (χ3n) is 2.98. The summed E-state index contributed by atoms with van der Waals surface area (Å²) in [4.78, 5) is 25.5. The first-order chi connectivity index (χ1) is 11.1. The highest BCUT2D eigenvalue weighted by molar-refractivity contribution is 8.11. The number of nitrogens with one attached hydrogen (secondary N) is 1. The highest BCUT2D eigenvalue weighted by atomic mass is 35.5. The third-order valence-corrected chi connectivity index (χ3v) is 4.09. The smallest absolute Gasteiger partial charge is 0.411 e. The lowest BCUT2D eigenvalue weighted by molar-refractivity contribution is 0.0282. The Balaban J connectivity index is 1.83. The number of hydrogen-bond donors (Lipinski definition) is 1. The first-order valence-electron chi connectivity index (χ1n) is 7.31. The van der Waals surface area contributed by atoms with E-state index >= 15 is 0 Å². The van der Waals surface area contributed by atoms with E-state index in [0.717, 1.165) is 11.9 Å². The van der Waals surface area contributed by atoms with E-state index in [4.69, 9.17) is 16.3 Å². The van der Waals surface area contributed by atoms with Gasteiger partial charge in [-0.1, -0.05) is 11.6 Å². The molecule has 1 N–H and O–H groups in total. The van der Waals surface area contributed by atoms with Gasteiger partial charge in [0.25, 0.3) is 5.24 Å². The largest absolute Gasteiger partial charge is 0.444 e. The second-order valence-corrected chi connectivity index (χ2v) is 7.70. The molecule has 0 atom stereocenters. The summed E-state index contributed by atoms with van der Waals surface area (Å²) in [5, 5.41) is 2.21. The van der Waals surface area contributed by atoms with Gasteiger partial charge < -0.3 is 10.1 Å². The Morgan fingerprint density at radius 3 is 2.67 bits per heavy atom. The van der Waals surface area contributed by atoms with E-state index in [-0.39, 0.29) is 16.9 Å². The van der Waals surface area contributed by atoms with Crippen molar-refractivity contribution in [2.45, 2.75) is 26.4 Å². The van der Waals surface area contributed by atoms with E-state index in [1.165, 1.54) is 23.1 Å². The molecule has 9 heteroatoms. The van der Waals surface area contributed by atoms with E-state index in [1.807, 2.05) is 0 Å². The van der Waals surface area contributed by atoms with Gasteiger partial charge in [-0.3, -0.25) is 9.69 Å². The fraction of sp³-hybridized carbons (Fsp3) is 0.467. The SMILES string of the molecule is CC(C)(C)OC(=O)N1CCN(SC(=O)Nc2ccc(F)c(Cl)c2)C1. The van der Waals surface area contributed by atoms with Crippen LogP contribution in [0.15, 0.2) is 18.2 Å². The minimum Gasteiger partial charge on any atom is -0.444 e. The summed E-state index contributed by atoms with van der Waals surface area (Å²) in [7, 11) is 0. The fourth-order valence-corrected chi connectivity index (χ4v) is 2.89. The minimum atomic E-state index is -0.559. The third kappa shape index (κ3) is 5.54. The predicted octanol–water partition coefficient (Wildman–Crippen LogP) is 4.17. The second-order valence-electron chi connectivity index (χ2n) is 6.22. The van der Waals surface area contributed by atoms with Crippen LogP contribution in [0, 0.1) is 5.82 Å². The van der Waals surface area contributed by atoms with Crippen LogP contribution in [0.5, 0.6) is 0 Å². The van der Waals surface area contributed by atoms with Crippen molar-refractivity contribution < 1.29 is 18.7 Å². The zero-order valence-corrected chi connectivity index (χ0v) is 15.2. The molecule has 0 radical (unpaired) electrons. The number of carbonyl (C=O) groups excluding carboxylic acids is 2. The average Bonchev–Trinajstić information content (AvgIpc) is 2.89. The number of carbonyl (C=O) groups is 2. The van der Waals surface area contributed by atoms with E-state index in [1.54, 1.807) is 25.1 Å². The summed E-state index contributed by atoms with van der Waals surface area (Å²) in [5.74, 6) is -0.546. The van der Waals surface area contributed by atoms with Gasteiger partial charge in [-0.15, -0.1) is 0 Å². The van der Waals surface area contributed by atoms with Crippen molar-refractivity contribution in [2.24, 2.45) is 0 Å². The van der Waals surface area contributed by atoms with Crippen molar-refractivity contribution in [1.82, 2.24) is 9.21 Å². The van der Waals surface area contributed by atoms with Gasteiger partial charge in [0, 0.05) is 30.7 Å². The highest BCUT2D eigenvalue weighted by Crippen LogP contribution is 2.23. The monoisotopic (exact) mass is 375 g/mol. The summed E-state index contributed by atoms with van der Waals surface area (Å²) in [6, 6.07) is 3.95. The molecular weight excluding hydrogens is 357 g/mol. The maximum absolute atomic E-state index is 13.1. The highest BCUT2D eigenvalue weighted by Gasteiger charge is 2.29. The van der Waals surface area contributed by atoms with Gasteiger partial charge in [-0.25, -0.2) is 13.5 Å². The molecule has 0 aromatic heterocycles. The molecule has 1 aliphatic heterocycles. The topological polar surface area (TPSA) is 61.9 Å². The summed E-state index contributed by atoms with van der Waals surface area (Å²) in [5.41, 5.74) is -0.154. The Hall–Kier alpha value is -1.51. The van der Waals surface area contributed by atoms with Crippen LogP contribution in [0.3, 0.4) is 0 Å². The summed E-state index contributed by atoms with van der Waals surface area (Å²) in [6.45, 7) is 6.72. The molecule has 0 bridgehead atoms. The van der Waals surface area contributed by atoms with Crippen LogP contribution in [0.2, 0.25) is 5.02 Å². The average molecular weight is 376 g/mol. The van der Waals surface area contributed by atoms with Gasteiger partial charge in [0.1, 0.15) is 11.4 Å². The molecule has 1 aromatic carbocycles. The van der Waals surface area contributed by atoms with Gasteiger partial charge in [0.05, 0.1) is 11.7 Å². The molecule has 1 heterocycles. The molecule has 1 fully saturated rings. The molecular formula is C15H19ClFN3O3S. The second kappa shape index (κ2) is 7.58. The van der Waals surface area contributed by atoms with Gasteiger partial charge >= 0.3 is 6.09 Å². The normalized spacial score (nSPS) is 15.5. The molecule has 132 valence electrons. The lowest BCUT2D eigenvalue weighted by Gasteiger charge is -2.24. The van der Waals surface area contributed by atoms with Crippen LogP contribution < -0.4 is 5.32 Å². The standard InChI is InChI=1S/C15H19ClFN3O3S/c1-15(2,3)23-14(22)19-6-7-20(9-19)24-13(21)18-10-4-5-12(17)11(16)8-10/h4-5,8H,6-7,9H2,1-3H3,(H,18,21). The lowest BCUT2D eigenvalue weighted by atomic mass is 10.2. The molecule has 24 heavy (non-hydrogen) atoms. The van der Waals surface area contributed by atoms with Crippen molar-refractivity contribution in [1.29, 1.82) is 0 Å². The van der Waals surface area contributed by atoms with E-state index in [2.05, 4.69) is 5.32 Å². The first kappa shape index (κ1) is 18.8. The molecule has 1 saturated heterocycles. The van der Waals surface area contributed by atoms with E-state index in [0.29, 0.717) is 18.8 Å². The molecule has 2 amide bonds. The maximum Gasteiger partial charge on any atom is 0.411 e. The maximum atomic E-state index is 13.1. The number of nitrogens with zero attached hydrogens (tertiary/aromatic N) is 2. The van der Waals surface area contributed by atoms with Gasteiger partial charge in [-0.05, 0) is 39.0 Å². The van der Waals surface area contributed by atoms with Crippen molar-refractivity contribution in [2.75, 3.05) is 25.1 Å². The van der Waals surface area contributed by atoms with Crippen LogP contribution >= 0.6 is 23.5 Å². The first-order valence-corrected chi connectivity index (χ1v) is 8.46. The number of ether oxygens (including phenoxy) is 1. The van der Waals surface area contributed by atoms with Crippen LogP contribution in [-0.2, 0) is 4.74 Å². The molecule has 0 saturated carbocycles. The van der Waals surface area contributed by atoms with Crippen molar-refractivity contribution in [3.63, 3.8) is 0 Å². The quantitative estimate of drug-likeness (QED) is 0.786. The molecule has 1 aromatic rings. The van der Waals surface area contributed by atoms with Crippen molar-refractivity contribution >= 4 is 40.6 Å². The van der Waals surface area contributed by atoms with Crippen LogP contribution in [0.1, 0.15) is 20.8 Å². The molecule has 0 unspecified atom stereocenters. The number of hydrogen-bond acceptors (Lipinski definition) is 5. The molecule has 0 aliphatic carbocycles. The van der Waals surface area contributed by atoms with Crippen molar-refractivity contribution in [3.8, 4) is 0 Å². The van der Waals surface area contributed by atoms with Crippen LogP contribution in [0.25, 0.3) is 0 Å². The Bertz CT molecular complexity index is 639. The zero-order valence-electron chi connectivity index (χ0n) is 13.6. The van der Waals surface area contributed by atoms with Crippen LogP contribution in [0.4, 0.5) is 19.7 Å². The lowest BCUT2D eigenvalue weighted by Crippen LogP contribution is -2.36. The Labute approximate surface area is 149 Å². The molecule has 6 nitrogen and oxygen atoms in total. The van der Waals surface area contributed by atoms with Gasteiger partial charge in [-0.2, -0.15) is 0 Å².